The Morgan fingerprint density at radius 2 is 2.00 bits per heavy atom. The van der Waals surface area contributed by atoms with Crippen LogP contribution in [0.4, 0.5) is 0 Å². The predicted octanol–water partition coefficient (Wildman–Crippen LogP) is 2.59. The van der Waals surface area contributed by atoms with Crippen LogP contribution in [0.3, 0.4) is 0 Å². The molecule has 1 heteroatoms. The zero-order chi connectivity index (χ0) is 8.85. The van der Waals surface area contributed by atoms with Gasteiger partial charge in [0.25, 0.3) is 0 Å². The quantitative estimate of drug-likeness (QED) is 0.602. The number of likely N-dealkylation sites (N-methyl/N-ethyl adjacent to an activating group) is 1. The highest BCUT2D eigenvalue weighted by atomic mass is 14.9. The van der Waals surface area contributed by atoms with Crippen LogP contribution in [0, 0.1) is 5.92 Å². The molecule has 0 aromatic carbocycles. The number of rotatable bonds is 5. The van der Waals surface area contributed by atoms with Gasteiger partial charge < -0.3 is 5.32 Å². The minimum Gasteiger partial charge on any atom is -0.310 e. The second-order valence-electron chi connectivity index (χ2n) is 3.27. The van der Waals surface area contributed by atoms with Crippen molar-refractivity contribution in [3.8, 4) is 0 Å². The summed E-state index contributed by atoms with van der Waals surface area (Å²) in [4.78, 5) is 0. The molecule has 0 heterocycles. The molecule has 0 saturated carbocycles. The maximum atomic E-state index is 3.98. The molecule has 0 rings (SSSR count). The third-order valence-electron chi connectivity index (χ3n) is 2.17. The smallest absolute Gasteiger partial charge is 0.0299 e. The Hall–Kier alpha value is -0.300. The highest BCUT2D eigenvalue weighted by Crippen LogP contribution is 2.13. The molecule has 0 amide bonds. The van der Waals surface area contributed by atoms with E-state index >= 15 is 0 Å². The molecule has 0 bridgehead atoms. The van der Waals surface area contributed by atoms with Crippen LogP contribution in [0.2, 0.25) is 0 Å². The summed E-state index contributed by atoms with van der Waals surface area (Å²) in [5, 5.41) is 3.43. The van der Waals surface area contributed by atoms with Crippen molar-refractivity contribution in [3.05, 3.63) is 12.2 Å². The van der Waals surface area contributed by atoms with Crippen LogP contribution in [0.1, 0.15) is 34.1 Å². The van der Waals surface area contributed by atoms with Crippen molar-refractivity contribution in [3.63, 3.8) is 0 Å². The van der Waals surface area contributed by atoms with Gasteiger partial charge in [-0.3, -0.25) is 0 Å². The molecular weight excluding hydrogens is 134 g/mol. The van der Waals surface area contributed by atoms with Crippen LogP contribution in [0.25, 0.3) is 0 Å². The Bertz CT molecular complexity index is 118. The summed E-state index contributed by atoms with van der Waals surface area (Å²) in [6.45, 7) is 13.7. The minimum absolute atomic E-state index is 0.505. The molecule has 2 atom stereocenters. The topological polar surface area (TPSA) is 12.0 Å². The molecule has 11 heavy (non-hydrogen) atoms. The molecule has 1 N–H and O–H groups in total. The molecule has 0 fully saturated rings. The lowest BCUT2D eigenvalue weighted by molar-refractivity contribution is 0.416. The molecule has 0 aliphatic heterocycles. The largest absolute Gasteiger partial charge is 0.310 e. The second kappa shape index (κ2) is 5.36. The lowest BCUT2D eigenvalue weighted by Crippen LogP contribution is -2.35. The summed E-state index contributed by atoms with van der Waals surface area (Å²) in [7, 11) is 0. The Morgan fingerprint density at radius 3 is 2.27 bits per heavy atom. The first-order valence-corrected chi connectivity index (χ1v) is 4.52. The number of hydrogen-bond acceptors (Lipinski definition) is 1. The Morgan fingerprint density at radius 1 is 1.45 bits per heavy atom. The molecule has 0 aromatic rings. The standard InChI is InChI=1S/C10H21N/c1-6-9(5)10(8(3)4)11-7-2/h9-11H,3,6-7H2,1-2,4-5H3. The number of hydrogen-bond donors (Lipinski definition) is 1. The maximum absolute atomic E-state index is 3.98. The molecule has 0 spiro atoms. The third kappa shape index (κ3) is 3.57. The van der Waals surface area contributed by atoms with Gasteiger partial charge in [0.1, 0.15) is 0 Å². The average molecular weight is 155 g/mol. The van der Waals surface area contributed by atoms with E-state index in [1.54, 1.807) is 0 Å². The molecule has 66 valence electrons. The minimum atomic E-state index is 0.505. The second-order valence-corrected chi connectivity index (χ2v) is 3.27. The van der Waals surface area contributed by atoms with Gasteiger partial charge in [0.2, 0.25) is 0 Å². The zero-order valence-electron chi connectivity index (χ0n) is 8.28. The Balaban J connectivity index is 3.97. The van der Waals surface area contributed by atoms with Crippen LogP contribution in [0.15, 0.2) is 12.2 Å². The first-order valence-electron chi connectivity index (χ1n) is 4.52. The van der Waals surface area contributed by atoms with Gasteiger partial charge in [-0.05, 0) is 19.4 Å². The summed E-state index contributed by atoms with van der Waals surface area (Å²) in [5.74, 6) is 0.701. The van der Waals surface area contributed by atoms with Crippen molar-refractivity contribution in [2.24, 2.45) is 5.92 Å². The lowest BCUT2D eigenvalue weighted by atomic mass is 9.94. The van der Waals surface area contributed by atoms with Crippen molar-refractivity contribution in [1.29, 1.82) is 0 Å². The molecule has 2 unspecified atom stereocenters. The summed E-state index contributed by atoms with van der Waals surface area (Å²) in [5.41, 5.74) is 1.25. The van der Waals surface area contributed by atoms with Crippen LogP contribution >= 0.6 is 0 Å². The Labute approximate surface area is 70.9 Å². The average Bonchev–Trinajstić information content (AvgIpc) is 1.98. The van der Waals surface area contributed by atoms with E-state index in [0.29, 0.717) is 12.0 Å². The fourth-order valence-corrected chi connectivity index (χ4v) is 1.32. The monoisotopic (exact) mass is 155 g/mol. The van der Waals surface area contributed by atoms with Crippen LogP contribution in [-0.4, -0.2) is 12.6 Å². The van der Waals surface area contributed by atoms with E-state index in [2.05, 4.69) is 39.6 Å². The van der Waals surface area contributed by atoms with Gasteiger partial charge in [-0.25, -0.2) is 0 Å². The fraction of sp³-hybridized carbons (Fsp3) is 0.800. The van der Waals surface area contributed by atoms with Gasteiger partial charge in [0.15, 0.2) is 0 Å². The first kappa shape index (κ1) is 10.7. The number of nitrogens with one attached hydrogen (secondary N) is 1. The molecule has 0 saturated heterocycles. The summed E-state index contributed by atoms with van der Waals surface area (Å²) in [6.07, 6.45) is 1.21. The van der Waals surface area contributed by atoms with Crippen LogP contribution in [0.5, 0.6) is 0 Å². The van der Waals surface area contributed by atoms with E-state index in [1.165, 1.54) is 12.0 Å². The van der Waals surface area contributed by atoms with Gasteiger partial charge in [0.05, 0.1) is 0 Å². The maximum Gasteiger partial charge on any atom is 0.0299 e. The molecule has 0 aliphatic rings. The fourth-order valence-electron chi connectivity index (χ4n) is 1.32. The molecule has 0 aliphatic carbocycles. The predicted molar refractivity (Wildman–Crippen MR) is 51.7 cm³/mol. The molecular formula is C10H21N. The van der Waals surface area contributed by atoms with E-state index in [4.69, 9.17) is 0 Å². The van der Waals surface area contributed by atoms with Gasteiger partial charge in [-0.15, -0.1) is 0 Å². The van der Waals surface area contributed by atoms with Gasteiger partial charge >= 0.3 is 0 Å². The van der Waals surface area contributed by atoms with Gasteiger partial charge in [0, 0.05) is 6.04 Å². The normalized spacial score (nSPS) is 16.0. The van der Waals surface area contributed by atoms with E-state index in [1.807, 2.05) is 0 Å². The molecule has 1 nitrogen and oxygen atoms in total. The third-order valence-corrected chi connectivity index (χ3v) is 2.17. The summed E-state index contributed by atoms with van der Waals surface area (Å²) >= 11 is 0. The van der Waals surface area contributed by atoms with Crippen molar-refractivity contribution < 1.29 is 0 Å². The van der Waals surface area contributed by atoms with Crippen LogP contribution in [-0.2, 0) is 0 Å². The highest BCUT2D eigenvalue weighted by Gasteiger charge is 2.13. The highest BCUT2D eigenvalue weighted by molar-refractivity contribution is 5.03. The molecule has 0 radical (unpaired) electrons. The van der Waals surface area contributed by atoms with Crippen molar-refractivity contribution in [2.45, 2.75) is 40.2 Å². The van der Waals surface area contributed by atoms with E-state index in [0.717, 1.165) is 6.54 Å². The SMILES string of the molecule is C=C(C)C(NCC)C(C)CC. The van der Waals surface area contributed by atoms with Crippen molar-refractivity contribution in [1.82, 2.24) is 5.32 Å². The first-order chi connectivity index (χ1) is 5.13. The van der Waals surface area contributed by atoms with Gasteiger partial charge in [-0.1, -0.05) is 39.3 Å². The van der Waals surface area contributed by atoms with Crippen molar-refractivity contribution in [2.75, 3.05) is 6.54 Å². The van der Waals surface area contributed by atoms with E-state index in [-0.39, 0.29) is 0 Å². The van der Waals surface area contributed by atoms with Crippen molar-refractivity contribution >= 4 is 0 Å². The van der Waals surface area contributed by atoms with Crippen LogP contribution < -0.4 is 5.32 Å². The van der Waals surface area contributed by atoms with E-state index < -0.39 is 0 Å². The Kier molecular flexibility index (Phi) is 5.22. The summed E-state index contributed by atoms with van der Waals surface area (Å²) in [6, 6.07) is 0.505. The zero-order valence-corrected chi connectivity index (χ0v) is 8.28. The summed E-state index contributed by atoms with van der Waals surface area (Å²) < 4.78 is 0. The van der Waals surface area contributed by atoms with Gasteiger partial charge in [-0.2, -0.15) is 0 Å². The van der Waals surface area contributed by atoms with E-state index in [9.17, 15) is 0 Å². The lowest BCUT2D eigenvalue weighted by Gasteiger charge is -2.23. The molecule has 0 aromatic heterocycles.